The van der Waals surface area contributed by atoms with Gasteiger partial charge in [0, 0.05) is 22.3 Å². The molecule has 0 unspecified atom stereocenters. The third-order valence-corrected chi connectivity index (χ3v) is 9.31. The maximum atomic E-state index is 13.9. The molecular formula is C44H54O4. The smallest absolute Gasteiger partial charge is 0.343 e. The number of rotatable bonds is 9. The summed E-state index contributed by atoms with van der Waals surface area (Å²) in [4.78, 5) is 27.9. The third-order valence-electron chi connectivity index (χ3n) is 9.31. The lowest BCUT2D eigenvalue weighted by atomic mass is 9.77. The highest BCUT2D eigenvalue weighted by molar-refractivity contribution is 5.96. The van der Waals surface area contributed by atoms with Gasteiger partial charge in [0.2, 0.25) is 0 Å². The molecule has 4 heteroatoms. The summed E-state index contributed by atoms with van der Waals surface area (Å²) in [7, 11) is 0. The fourth-order valence-corrected chi connectivity index (χ4v) is 6.21. The van der Waals surface area contributed by atoms with Crippen molar-refractivity contribution in [3.63, 3.8) is 0 Å². The van der Waals surface area contributed by atoms with Crippen LogP contribution in [-0.4, -0.2) is 11.9 Å². The SMILES string of the molecule is CCCc1ccc(C(=O)Oc2c(C(C)(C)C)cc(C)c(C)c2-c2c(C)c(C)cc(C(C)(C)C)c2OC(=O)c2ccc(CCC)cc2)cc1. The van der Waals surface area contributed by atoms with Gasteiger partial charge in [0.1, 0.15) is 11.5 Å². The Morgan fingerprint density at radius 3 is 1.12 bits per heavy atom. The maximum absolute atomic E-state index is 13.9. The highest BCUT2D eigenvalue weighted by atomic mass is 16.5. The molecule has 0 aliphatic carbocycles. The Morgan fingerprint density at radius 2 is 0.854 bits per heavy atom. The molecule has 0 N–H and O–H groups in total. The minimum Gasteiger partial charge on any atom is -0.422 e. The Balaban J connectivity index is 2.01. The van der Waals surface area contributed by atoms with Crippen molar-refractivity contribution in [1.29, 1.82) is 0 Å². The van der Waals surface area contributed by atoms with Gasteiger partial charge in [-0.15, -0.1) is 0 Å². The molecule has 0 amide bonds. The van der Waals surface area contributed by atoms with Crippen LogP contribution < -0.4 is 9.47 Å². The van der Waals surface area contributed by atoms with E-state index in [1.807, 2.05) is 48.5 Å². The first kappa shape index (κ1) is 36.7. The highest BCUT2D eigenvalue weighted by Gasteiger charge is 2.33. The van der Waals surface area contributed by atoms with Gasteiger partial charge in [0.05, 0.1) is 11.1 Å². The van der Waals surface area contributed by atoms with E-state index in [2.05, 4.69) is 95.2 Å². The molecular weight excluding hydrogens is 592 g/mol. The summed E-state index contributed by atoms with van der Waals surface area (Å²) in [5.41, 5.74) is 10.1. The molecule has 4 rings (SSSR count). The van der Waals surface area contributed by atoms with Gasteiger partial charge in [-0.3, -0.25) is 0 Å². The molecule has 0 atom stereocenters. The Labute approximate surface area is 288 Å². The van der Waals surface area contributed by atoms with E-state index in [0.717, 1.165) is 70.2 Å². The predicted octanol–water partition coefficient (Wildman–Crippen LogP) is 11.5. The van der Waals surface area contributed by atoms with Gasteiger partial charge in [0.15, 0.2) is 0 Å². The first-order valence-corrected chi connectivity index (χ1v) is 17.4. The maximum Gasteiger partial charge on any atom is 0.343 e. The van der Waals surface area contributed by atoms with Crippen molar-refractivity contribution < 1.29 is 19.1 Å². The second kappa shape index (κ2) is 14.5. The molecule has 254 valence electrons. The lowest BCUT2D eigenvalue weighted by Crippen LogP contribution is -2.20. The van der Waals surface area contributed by atoms with Gasteiger partial charge >= 0.3 is 11.9 Å². The van der Waals surface area contributed by atoms with Crippen molar-refractivity contribution in [1.82, 2.24) is 0 Å². The van der Waals surface area contributed by atoms with E-state index >= 15 is 0 Å². The summed E-state index contributed by atoms with van der Waals surface area (Å²) in [6.45, 7) is 25.4. The molecule has 4 aromatic carbocycles. The Bertz CT molecular complexity index is 1660. The largest absolute Gasteiger partial charge is 0.422 e. The van der Waals surface area contributed by atoms with E-state index in [1.165, 1.54) is 11.1 Å². The molecule has 48 heavy (non-hydrogen) atoms. The number of hydrogen-bond acceptors (Lipinski definition) is 4. The summed E-state index contributed by atoms with van der Waals surface area (Å²) in [6, 6.07) is 19.6. The normalized spacial score (nSPS) is 11.8. The molecule has 0 bridgehead atoms. The molecule has 0 fully saturated rings. The summed E-state index contributed by atoms with van der Waals surface area (Å²) in [5.74, 6) is 0.172. The van der Waals surface area contributed by atoms with Crippen LogP contribution in [0.4, 0.5) is 0 Å². The zero-order chi connectivity index (χ0) is 35.6. The van der Waals surface area contributed by atoms with Gasteiger partial charge in [-0.05, 0) is 109 Å². The zero-order valence-corrected chi connectivity index (χ0v) is 31.2. The van der Waals surface area contributed by atoms with Crippen LogP contribution >= 0.6 is 0 Å². The average molecular weight is 647 g/mol. The molecule has 4 nitrogen and oxygen atoms in total. The average Bonchev–Trinajstić information content (AvgIpc) is 3.01. The fourth-order valence-electron chi connectivity index (χ4n) is 6.21. The topological polar surface area (TPSA) is 52.6 Å². The second-order valence-electron chi connectivity index (χ2n) is 15.3. The Morgan fingerprint density at radius 1 is 0.542 bits per heavy atom. The van der Waals surface area contributed by atoms with Crippen molar-refractivity contribution in [2.75, 3.05) is 0 Å². The van der Waals surface area contributed by atoms with Crippen LogP contribution in [0.15, 0.2) is 60.7 Å². The van der Waals surface area contributed by atoms with E-state index in [9.17, 15) is 9.59 Å². The molecule has 0 radical (unpaired) electrons. The number of esters is 2. The molecule has 0 saturated heterocycles. The molecule has 0 aliphatic heterocycles. The molecule has 0 aliphatic rings. The number of carbonyl (C=O) groups is 2. The van der Waals surface area contributed by atoms with Gasteiger partial charge in [0.25, 0.3) is 0 Å². The Hall–Kier alpha value is -4.18. The summed E-state index contributed by atoms with van der Waals surface area (Å²) in [5, 5.41) is 0. The van der Waals surface area contributed by atoms with Crippen molar-refractivity contribution in [2.24, 2.45) is 0 Å². The number of benzene rings is 4. The van der Waals surface area contributed by atoms with Crippen LogP contribution in [0.5, 0.6) is 11.5 Å². The third kappa shape index (κ3) is 7.92. The number of aryl methyl sites for hydroxylation is 4. The summed E-state index contributed by atoms with van der Waals surface area (Å²) in [6.07, 6.45) is 3.98. The van der Waals surface area contributed by atoms with Gasteiger partial charge in [-0.1, -0.05) is 105 Å². The zero-order valence-electron chi connectivity index (χ0n) is 31.2. The van der Waals surface area contributed by atoms with Crippen LogP contribution in [0, 0.1) is 27.7 Å². The van der Waals surface area contributed by atoms with E-state index < -0.39 is 11.9 Å². The molecule has 0 spiro atoms. The van der Waals surface area contributed by atoms with E-state index in [1.54, 1.807) is 0 Å². The fraction of sp³-hybridized carbons (Fsp3) is 0.409. The van der Waals surface area contributed by atoms with Crippen LogP contribution in [0.2, 0.25) is 0 Å². The lowest BCUT2D eigenvalue weighted by Gasteiger charge is -2.31. The van der Waals surface area contributed by atoms with Crippen molar-refractivity contribution in [3.05, 3.63) is 116 Å². The highest BCUT2D eigenvalue weighted by Crippen LogP contribution is 2.50. The first-order valence-electron chi connectivity index (χ1n) is 17.4. The summed E-state index contributed by atoms with van der Waals surface area (Å²) < 4.78 is 13.0. The van der Waals surface area contributed by atoms with Crippen LogP contribution in [-0.2, 0) is 23.7 Å². The van der Waals surface area contributed by atoms with Gasteiger partial charge < -0.3 is 9.47 Å². The van der Waals surface area contributed by atoms with Crippen LogP contribution in [0.1, 0.15) is 133 Å². The minimum absolute atomic E-state index is 0.352. The number of carbonyl (C=O) groups excluding carboxylic acids is 2. The molecule has 0 aromatic heterocycles. The van der Waals surface area contributed by atoms with Crippen molar-refractivity contribution in [3.8, 4) is 22.6 Å². The van der Waals surface area contributed by atoms with Gasteiger partial charge in [-0.25, -0.2) is 9.59 Å². The molecule has 4 aromatic rings. The number of hydrogen-bond donors (Lipinski definition) is 0. The van der Waals surface area contributed by atoms with E-state index in [0.29, 0.717) is 22.6 Å². The minimum atomic E-state index is -0.417. The van der Waals surface area contributed by atoms with Crippen molar-refractivity contribution >= 4 is 11.9 Å². The standard InChI is InChI=1S/C44H54O4/c1-13-15-31-17-21-33(22-18-31)41(45)47-39-35(43(7,8)9)25-27(3)29(5)37(39)38-30(6)28(4)26-36(44(10,11)12)40(38)48-42(46)34-23-19-32(16-14-2)20-24-34/h17-26H,13-16H2,1-12H3. The number of ether oxygens (including phenoxy) is 2. The summed E-state index contributed by atoms with van der Waals surface area (Å²) >= 11 is 0. The monoisotopic (exact) mass is 646 g/mol. The van der Waals surface area contributed by atoms with Crippen molar-refractivity contribution in [2.45, 2.75) is 120 Å². The van der Waals surface area contributed by atoms with Crippen LogP contribution in [0.3, 0.4) is 0 Å². The second-order valence-corrected chi connectivity index (χ2v) is 15.3. The quantitative estimate of drug-likeness (QED) is 0.134. The first-order chi connectivity index (χ1) is 22.5. The van der Waals surface area contributed by atoms with Crippen LogP contribution in [0.25, 0.3) is 11.1 Å². The van der Waals surface area contributed by atoms with Gasteiger partial charge in [-0.2, -0.15) is 0 Å². The van der Waals surface area contributed by atoms with E-state index in [4.69, 9.17) is 9.47 Å². The van der Waals surface area contributed by atoms with E-state index in [-0.39, 0.29) is 10.8 Å². The lowest BCUT2D eigenvalue weighted by molar-refractivity contribution is 0.0719. The predicted molar refractivity (Wildman–Crippen MR) is 199 cm³/mol. The Kier molecular flexibility index (Phi) is 11.1. The molecule has 0 heterocycles. The molecule has 0 saturated carbocycles.